The molecule has 1 aromatic heterocycles. The standard InChI is InChI=1S/C14H16N2O3S/c1-3-19-12-8-7-11(2)10-13(12)20(17,18)16-14-6-4-5-9-15-14/h4-10H,3H2,1-2H3,(H,15,16). The summed E-state index contributed by atoms with van der Waals surface area (Å²) < 4.78 is 32.7. The molecule has 0 aliphatic carbocycles. The number of sulfonamides is 1. The zero-order chi connectivity index (χ0) is 14.6. The lowest BCUT2D eigenvalue weighted by Gasteiger charge is -2.12. The van der Waals surface area contributed by atoms with Gasteiger partial charge in [0.15, 0.2) is 0 Å². The monoisotopic (exact) mass is 292 g/mol. The molecule has 0 bridgehead atoms. The molecule has 1 N–H and O–H groups in total. The first kappa shape index (κ1) is 14.3. The minimum absolute atomic E-state index is 0.116. The summed E-state index contributed by atoms with van der Waals surface area (Å²) in [5.41, 5.74) is 0.842. The van der Waals surface area contributed by atoms with E-state index in [4.69, 9.17) is 4.74 Å². The third kappa shape index (κ3) is 3.27. The summed E-state index contributed by atoms with van der Waals surface area (Å²) in [5, 5.41) is 0. The summed E-state index contributed by atoms with van der Waals surface area (Å²) in [6, 6.07) is 10.1. The molecule has 6 heteroatoms. The topological polar surface area (TPSA) is 68.3 Å². The number of ether oxygens (including phenoxy) is 1. The molecule has 0 saturated carbocycles. The number of hydrogen-bond acceptors (Lipinski definition) is 4. The van der Waals surface area contributed by atoms with E-state index in [0.29, 0.717) is 12.4 Å². The van der Waals surface area contributed by atoms with Gasteiger partial charge in [0, 0.05) is 6.20 Å². The Kier molecular flexibility index (Phi) is 4.24. The number of benzene rings is 1. The average Bonchev–Trinajstić information content (AvgIpc) is 2.41. The predicted octanol–water partition coefficient (Wildman–Crippen LogP) is 2.59. The Hall–Kier alpha value is -2.08. The molecule has 106 valence electrons. The van der Waals surface area contributed by atoms with Crippen LogP contribution in [0.1, 0.15) is 12.5 Å². The van der Waals surface area contributed by atoms with Gasteiger partial charge in [-0.1, -0.05) is 12.1 Å². The maximum absolute atomic E-state index is 12.4. The van der Waals surface area contributed by atoms with Gasteiger partial charge in [-0.25, -0.2) is 13.4 Å². The van der Waals surface area contributed by atoms with Gasteiger partial charge in [-0.05, 0) is 43.7 Å². The molecule has 0 saturated heterocycles. The zero-order valence-electron chi connectivity index (χ0n) is 11.3. The molecule has 0 amide bonds. The predicted molar refractivity (Wildman–Crippen MR) is 77.4 cm³/mol. The molecule has 0 atom stereocenters. The Labute approximate surface area is 118 Å². The minimum Gasteiger partial charge on any atom is -0.492 e. The van der Waals surface area contributed by atoms with Crippen LogP contribution >= 0.6 is 0 Å². The summed E-state index contributed by atoms with van der Waals surface area (Å²) in [6.07, 6.45) is 1.53. The highest BCUT2D eigenvalue weighted by Gasteiger charge is 2.20. The van der Waals surface area contributed by atoms with E-state index in [-0.39, 0.29) is 10.7 Å². The van der Waals surface area contributed by atoms with Crippen LogP contribution in [0.3, 0.4) is 0 Å². The Morgan fingerprint density at radius 2 is 2.05 bits per heavy atom. The van der Waals surface area contributed by atoms with Gasteiger partial charge in [0.05, 0.1) is 6.61 Å². The SMILES string of the molecule is CCOc1ccc(C)cc1S(=O)(=O)Nc1ccccn1. The van der Waals surface area contributed by atoms with E-state index in [1.807, 2.05) is 19.9 Å². The van der Waals surface area contributed by atoms with Gasteiger partial charge in [0.25, 0.3) is 10.0 Å². The van der Waals surface area contributed by atoms with E-state index < -0.39 is 10.0 Å². The molecule has 0 fully saturated rings. The lowest BCUT2D eigenvalue weighted by atomic mass is 10.2. The van der Waals surface area contributed by atoms with Crippen molar-refractivity contribution in [1.82, 2.24) is 4.98 Å². The van der Waals surface area contributed by atoms with Crippen molar-refractivity contribution in [2.45, 2.75) is 18.7 Å². The van der Waals surface area contributed by atoms with Crippen LogP contribution in [0.4, 0.5) is 5.82 Å². The number of rotatable bonds is 5. The molecule has 0 radical (unpaired) electrons. The van der Waals surface area contributed by atoms with Crippen LogP contribution in [0.15, 0.2) is 47.5 Å². The number of nitrogens with one attached hydrogen (secondary N) is 1. The second-order valence-corrected chi connectivity index (χ2v) is 5.85. The summed E-state index contributed by atoms with van der Waals surface area (Å²) >= 11 is 0. The second kappa shape index (κ2) is 5.92. The van der Waals surface area contributed by atoms with Crippen molar-refractivity contribution < 1.29 is 13.2 Å². The first-order valence-corrected chi connectivity index (χ1v) is 7.68. The fraction of sp³-hybridized carbons (Fsp3) is 0.214. The van der Waals surface area contributed by atoms with Crippen molar-refractivity contribution in [2.24, 2.45) is 0 Å². The molecule has 5 nitrogen and oxygen atoms in total. The Bertz CT molecular complexity index is 685. The van der Waals surface area contributed by atoms with E-state index >= 15 is 0 Å². The van der Waals surface area contributed by atoms with E-state index in [1.54, 1.807) is 30.3 Å². The molecular formula is C14H16N2O3S. The van der Waals surface area contributed by atoms with Crippen molar-refractivity contribution >= 4 is 15.8 Å². The van der Waals surface area contributed by atoms with Gasteiger partial charge in [0.2, 0.25) is 0 Å². The molecule has 2 aromatic rings. The highest BCUT2D eigenvalue weighted by atomic mass is 32.2. The van der Waals surface area contributed by atoms with Gasteiger partial charge in [-0.2, -0.15) is 0 Å². The lowest BCUT2D eigenvalue weighted by Crippen LogP contribution is -2.15. The molecule has 0 aliphatic heterocycles. The fourth-order valence-electron chi connectivity index (χ4n) is 1.72. The van der Waals surface area contributed by atoms with Crippen LogP contribution in [-0.4, -0.2) is 20.0 Å². The first-order valence-electron chi connectivity index (χ1n) is 6.20. The number of anilines is 1. The highest BCUT2D eigenvalue weighted by Crippen LogP contribution is 2.26. The Morgan fingerprint density at radius 3 is 2.70 bits per heavy atom. The van der Waals surface area contributed by atoms with Crippen molar-refractivity contribution in [2.75, 3.05) is 11.3 Å². The van der Waals surface area contributed by atoms with Crippen LogP contribution in [-0.2, 0) is 10.0 Å². The first-order chi connectivity index (χ1) is 9.53. The molecular weight excluding hydrogens is 276 g/mol. The maximum atomic E-state index is 12.4. The molecule has 1 aromatic carbocycles. The smallest absolute Gasteiger partial charge is 0.266 e. The third-order valence-corrected chi connectivity index (χ3v) is 3.97. The minimum atomic E-state index is -3.73. The summed E-state index contributed by atoms with van der Waals surface area (Å²) in [6.45, 7) is 4.03. The van der Waals surface area contributed by atoms with Crippen molar-refractivity contribution in [3.8, 4) is 5.75 Å². The largest absolute Gasteiger partial charge is 0.492 e. The molecule has 0 spiro atoms. The Balaban J connectivity index is 2.41. The molecule has 1 heterocycles. The van der Waals surface area contributed by atoms with Crippen molar-refractivity contribution in [1.29, 1.82) is 0 Å². The molecule has 0 unspecified atom stereocenters. The maximum Gasteiger partial charge on any atom is 0.266 e. The van der Waals surface area contributed by atoms with E-state index in [2.05, 4.69) is 9.71 Å². The van der Waals surface area contributed by atoms with E-state index in [9.17, 15) is 8.42 Å². The van der Waals surface area contributed by atoms with Crippen LogP contribution in [0.25, 0.3) is 0 Å². The zero-order valence-corrected chi connectivity index (χ0v) is 12.1. The van der Waals surface area contributed by atoms with Gasteiger partial charge in [-0.3, -0.25) is 4.72 Å². The quantitative estimate of drug-likeness (QED) is 0.919. The number of aromatic nitrogens is 1. The van der Waals surface area contributed by atoms with Crippen LogP contribution in [0.5, 0.6) is 5.75 Å². The molecule has 20 heavy (non-hydrogen) atoms. The van der Waals surface area contributed by atoms with E-state index in [1.165, 1.54) is 6.20 Å². The Morgan fingerprint density at radius 1 is 1.25 bits per heavy atom. The summed E-state index contributed by atoms with van der Waals surface area (Å²) in [5.74, 6) is 0.609. The second-order valence-electron chi connectivity index (χ2n) is 4.20. The van der Waals surface area contributed by atoms with Gasteiger partial charge >= 0.3 is 0 Å². The van der Waals surface area contributed by atoms with Gasteiger partial charge in [-0.15, -0.1) is 0 Å². The normalized spacial score (nSPS) is 11.1. The molecule has 0 aliphatic rings. The number of pyridine rings is 1. The number of hydrogen-bond donors (Lipinski definition) is 1. The molecule has 2 rings (SSSR count). The van der Waals surface area contributed by atoms with Gasteiger partial charge < -0.3 is 4.74 Å². The number of aryl methyl sites for hydroxylation is 1. The van der Waals surface area contributed by atoms with Crippen molar-refractivity contribution in [3.63, 3.8) is 0 Å². The highest BCUT2D eigenvalue weighted by molar-refractivity contribution is 7.92. The van der Waals surface area contributed by atoms with Crippen LogP contribution < -0.4 is 9.46 Å². The summed E-state index contributed by atoms with van der Waals surface area (Å²) in [4.78, 5) is 4.07. The van der Waals surface area contributed by atoms with Gasteiger partial charge in [0.1, 0.15) is 16.5 Å². The van der Waals surface area contributed by atoms with Crippen molar-refractivity contribution in [3.05, 3.63) is 48.2 Å². The fourth-order valence-corrected chi connectivity index (χ4v) is 2.95. The average molecular weight is 292 g/mol. The lowest BCUT2D eigenvalue weighted by molar-refractivity contribution is 0.331. The van der Waals surface area contributed by atoms with E-state index in [0.717, 1.165) is 5.56 Å². The number of nitrogens with zero attached hydrogens (tertiary/aromatic N) is 1. The van der Waals surface area contributed by atoms with Crippen LogP contribution in [0, 0.1) is 6.92 Å². The third-order valence-electron chi connectivity index (χ3n) is 2.59. The summed E-state index contributed by atoms with van der Waals surface area (Å²) in [7, 11) is -3.73. The van der Waals surface area contributed by atoms with Crippen LogP contribution in [0.2, 0.25) is 0 Å².